The first-order valence-corrected chi connectivity index (χ1v) is 11.6. The molecule has 0 saturated carbocycles. The maximum absolute atomic E-state index is 13.3. The average molecular weight is 479 g/mol. The van der Waals surface area contributed by atoms with Gasteiger partial charge in [0.25, 0.3) is 5.91 Å². The van der Waals surface area contributed by atoms with Crippen LogP contribution in [-0.2, 0) is 16.1 Å². The van der Waals surface area contributed by atoms with E-state index >= 15 is 0 Å². The Morgan fingerprint density at radius 2 is 1.81 bits per heavy atom. The molecule has 0 fully saturated rings. The van der Waals surface area contributed by atoms with Gasteiger partial charge in [-0.3, -0.25) is 9.59 Å². The monoisotopic (exact) mass is 478 g/mol. The molecule has 0 spiro atoms. The SMILES string of the molecule is CC[C@@H](C(=O)NCC(C)C)N(Cc1ccc(Cl)cc1Cl)C(=O)COc1cc(C)ccc1C. The van der Waals surface area contributed by atoms with Gasteiger partial charge in [0.2, 0.25) is 5.91 Å². The van der Waals surface area contributed by atoms with Crippen molar-refractivity contribution in [3.05, 3.63) is 63.1 Å². The first kappa shape index (κ1) is 26.0. The largest absolute Gasteiger partial charge is 0.483 e. The summed E-state index contributed by atoms with van der Waals surface area (Å²) in [7, 11) is 0. The first-order valence-electron chi connectivity index (χ1n) is 10.8. The molecular weight excluding hydrogens is 447 g/mol. The van der Waals surface area contributed by atoms with Crippen LogP contribution in [0.2, 0.25) is 10.0 Å². The third kappa shape index (κ3) is 7.42. The molecule has 174 valence electrons. The number of halogens is 2. The van der Waals surface area contributed by atoms with Crippen LogP contribution in [-0.4, -0.2) is 35.9 Å². The molecule has 2 aromatic rings. The van der Waals surface area contributed by atoms with E-state index in [1.54, 1.807) is 18.2 Å². The van der Waals surface area contributed by atoms with Crippen molar-refractivity contribution in [2.45, 2.75) is 53.6 Å². The normalized spacial score (nSPS) is 11.9. The summed E-state index contributed by atoms with van der Waals surface area (Å²) in [5.74, 6) is 0.480. The third-order valence-corrected chi connectivity index (χ3v) is 5.71. The lowest BCUT2D eigenvalue weighted by molar-refractivity contribution is -0.143. The minimum Gasteiger partial charge on any atom is -0.483 e. The molecular formula is C25H32Cl2N2O3. The number of carbonyl (C=O) groups is 2. The number of benzene rings is 2. The second kappa shape index (κ2) is 12.1. The molecule has 0 aliphatic rings. The molecule has 0 heterocycles. The molecule has 0 aliphatic heterocycles. The molecule has 0 radical (unpaired) electrons. The van der Waals surface area contributed by atoms with Gasteiger partial charge in [0, 0.05) is 23.1 Å². The third-order valence-electron chi connectivity index (χ3n) is 5.12. The fourth-order valence-corrected chi connectivity index (χ4v) is 3.73. The summed E-state index contributed by atoms with van der Waals surface area (Å²) in [4.78, 5) is 27.8. The van der Waals surface area contributed by atoms with Crippen LogP contribution in [0.25, 0.3) is 0 Å². The Hall–Kier alpha value is -2.24. The predicted octanol–water partition coefficient (Wildman–Crippen LogP) is 5.57. The quantitative estimate of drug-likeness (QED) is 0.485. The molecule has 2 rings (SSSR count). The number of hydrogen-bond donors (Lipinski definition) is 1. The zero-order valence-corrected chi connectivity index (χ0v) is 20.9. The number of ether oxygens (including phenoxy) is 1. The lowest BCUT2D eigenvalue weighted by Gasteiger charge is -2.31. The highest BCUT2D eigenvalue weighted by Gasteiger charge is 2.29. The number of aryl methyl sites for hydroxylation is 2. The molecule has 32 heavy (non-hydrogen) atoms. The minimum absolute atomic E-state index is 0.177. The zero-order chi connectivity index (χ0) is 23.8. The van der Waals surface area contributed by atoms with Crippen molar-refractivity contribution in [2.24, 2.45) is 5.92 Å². The van der Waals surface area contributed by atoms with Gasteiger partial charge in [-0.2, -0.15) is 0 Å². The van der Waals surface area contributed by atoms with Crippen molar-refractivity contribution in [2.75, 3.05) is 13.2 Å². The molecule has 0 unspecified atom stereocenters. The Bertz CT molecular complexity index is 947. The van der Waals surface area contributed by atoms with Gasteiger partial charge in [0.1, 0.15) is 11.8 Å². The van der Waals surface area contributed by atoms with Gasteiger partial charge in [-0.15, -0.1) is 0 Å². The molecule has 0 aliphatic carbocycles. The maximum Gasteiger partial charge on any atom is 0.261 e. The van der Waals surface area contributed by atoms with Crippen molar-refractivity contribution < 1.29 is 14.3 Å². The molecule has 0 aromatic heterocycles. The standard InChI is InChI=1S/C25H32Cl2N2O3/c1-6-22(25(31)28-13-16(2)3)29(14-19-9-10-20(26)12-21(19)27)24(30)15-32-23-11-17(4)7-8-18(23)5/h7-12,16,22H,6,13-15H2,1-5H3,(H,28,31)/t22-/m0/s1. The number of nitrogens with one attached hydrogen (secondary N) is 1. The van der Waals surface area contributed by atoms with Crippen molar-refractivity contribution in [3.63, 3.8) is 0 Å². The van der Waals surface area contributed by atoms with E-state index in [-0.39, 0.29) is 25.0 Å². The molecule has 2 amide bonds. The van der Waals surface area contributed by atoms with Gasteiger partial charge in [0.05, 0.1) is 0 Å². The van der Waals surface area contributed by atoms with Gasteiger partial charge in [-0.25, -0.2) is 0 Å². The fraction of sp³-hybridized carbons (Fsp3) is 0.440. The molecule has 1 N–H and O–H groups in total. The van der Waals surface area contributed by atoms with E-state index in [9.17, 15) is 9.59 Å². The van der Waals surface area contributed by atoms with E-state index in [0.717, 1.165) is 11.1 Å². The first-order chi connectivity index (χ1) is 15.1. The Labute approximate surface area is 201 Å². The van der Waals surface area contributed by atoms with E-state index in [1.165, 1.54) is 4.90 Å². The number of carbonyl (C=O) groups excluding carboxylic acids is 2. The molecule has 0 saturated heterocycles. The van der Waals surface area contributed by atoms with Crippen molar-refractivity contribution >= 4 is 35.0 Å². The highest BCUT2D eigenvalue weighted by Crippen LogP contribution is 2.24. The molecule has 7 heteroatoms. The van der Waals surface area contributed by atoms with Crippen molar-refractivity contribution in [1.82, 2.24) is 10.2 Å². The van der Waals surface area contributed by atoms with E-state index < -0.39 is 6.04 Å². The van der Waals surface area contributed by atoms with Crippen LogP contribution in [0.3, 0.4) is 0 Å². The summed E-state index contributed by atoms with van der Waals surface area (Å²) in [6.07, 6.45) is 0.463. The molecule has 5 nitrogen and oxygen atoms in total. The number of amides is 2. The highest BCUT2D eigenvalue weighted by atomic mass is 35.5. The van der Waals surface area contributed by atoms with E-state index in [0.29, 0.717) is 40.2 Å². The summed E-state index contributed by atoms with van der Waals surface area (Å²) < 4.78 is 5.84. The molecule has 1 atom stereocenters. The minimum atomic E-state index is -0.643. The lowest BCUT2D eigenvalue weighted by Crippen LogP contribution is -2.50. The Balaban J connectivity index is 2.27. The number of nitrogens with zero attached hydrogens (tertiary/aromatic N) is 1. The topological polar surface area (TPSA) is 58.6 Å². The van der Waals surface area contributed by atoms with Crippen molar-refractivity contribution in [3.8, 4) is 5.75 Å². The van der Waals surface area contributed by atoms with Crippen LogP contribution in [0.5, 0.6) is 5.75 Å². The van der Waals surface area contributed by atoms with Crippen molar-refractivity contribution in [1.29, 1.82) is 0 Å². The Morgan fingerprint density at radius 3 is 2.44 bits per heavy atom. The van der Waals surface area contributed by atoms with Crippen LogP contribution >= 0.6 is 23.2 Å². The predicted molar refractivity (Wildman–Crippen MR) is 130 cm³/mol. The molecule has 0 bridgehead atoms. The van der Waals surface area contributed by atoms with Crippen LogP contribution < -0.4 is 10.1 Å². The second-order valence-electron chi connectivity index (χ2n) is 8.38. The van der Waals surface area contributed by atoms with E-state index in [1.807, 2.05) is 52.8 Å². The van der Waals surface area contributed by atoms with Crippen LogP contribution in [0, 0.1) is 19.8 Å². The summed E-state index contributed by atoms with van der Waals surface area (Å²) in [5, 5.41) is 3.90. The van der Waals surface area contributed by atoms with Gasteiger partial charge < -0.3 is 15.0 Å². The Kier molecular flexibility index (Phi) is 9.85. The summed E-state index contributed by atoms with van der Waals surface area (Å²) >= 11 is 12.4. The number of rotatable bonds is 10. The Morgan fingerprint density at radius 1 is 1.09 bits per heavy atom. The van der Waals surface area contributed by atoms with Gasteiger partial charge in [-0.05, 0) is 61.1 Å². The average Bonchev–Trinajstić information content (AvgIpc) is 2.73. The summed E-state index contributed by atoms with van der Waals surface area (Å²) in [6.45, 7) is 10.4. The maximum atomic E-state index is 13.3. The van der Waals surface area contributed by atoms with E-state index in [4.69, 9.17) is 27.9 Å². The smallest absolute Gasteiger partial charge is 0.261 e. The van der Waals surface area contributed by atoms with Crippen LogP contribution in [0.4, 0.5) is 0 Å². The van der Waals surface area contributed by atoms with Crippen LogP contribution in [0.1, 0.15) is 43.9 Å². The van der Waals surface area contributed by atoms with E-state index in [2.05, 4.69) is 5.32 Å². The summed E-state index contributed by atoms with van der Waals surface area (Å²) in [5.41, 5.74) is 2.70. The van der Waals surface area contributed by atoms with Gasteiger partial charge >= 0.3 is 0 Å². The second-order valence-corrected chi connectivity index (χ2v) is 9.22. The van der Waals surface area contributed by atoms with Gasteiger partial charge in [0.15, 0.2) is 6.61 Å². The van der Waals surface area contributed by atoms with Gasteiger partial charge in [-0.1, -0.05) is 62.2 Å². The summed E-state index contributed by atoms with van der Waals surface area (Å²) in [6, 6.07) is 10.3. The fourth-order valence-electron chi connectivity index (χ4n) is 3.26. The molecule has 2 aromatic carbocycles. The highest BCUT2D eigenvalue weighted by molar-refractivity contribution is 6.35. The number of hydrogen-bond acceptors (Lipinski definition) is 3. The van der Waals surface area contributed by atoms with Crippen LogP contribution in [0.15, 0.2) is 36.4 Å². The lowest BCUT2D eigenvalue weighted by atomic mass is 10.1. The zero-order valence-electron chi connectivity index (χ0n) is 19.4.